The highest BCUT2D eigenvalue weighted by molar-refractivity contribution is 5.80. The number of aromatic amines is 1. The van der Waals surface area contributed by atoms with Crippen LogP contribution in [0, 0.1) is 12.7 Å². The van der Waals surface area contributed by atoms with Crippen molar-refractivity contribution >= 4 is 29.5 Å². The zero-order valence-corrected chi connectivity index (χ0v) is 24.5. The van der Waals surface area contributed by atoms with Gasteiger partial charge in [0.05, 0.1) is 13.1 Å². The van der Waals surface area contributed by atoms with Gasteiger partial charge in [0.25, 0.3) is 5.91 Å². The monoisotopic (exact) mass is 615 g/mol. The lowest BCUT2D eigenvalue weighted by molar-refractivity contribution is -0.134. The van der Waals surface area contributed by atoms with E-state index in [0.717, 1.165) is 35.6 Å². The number of rotatable bonds is 14. The molecule has 10 nitrogen and oxygen atoms in total. The molecule has 13 heteroatoms. The Morgan fingerprint density at radius 1 is 1.09 bits per heavy atom. The van der Waals surface area contributed by atoms with E-state index < -0.39 is 6.61 Å². The predicted molar refractivity (Wildman–Crippen MR) is 159 cm³/mol. The second-order valence-electron chi connectivity index (χ2n) is 9.14. The number of carbonyl (C=O) groups excluding carboxylic acids is 3. The number of hydrazine groups is 1. The number of carbonyl (C=O) groups is 3. The van der Waals surface area contributed by atoms with Crippen LogP contribution < -0.4 is 15.5 Å². The number of hydrogen-bond donors (Lipinski definition) is 3. The van der Waals surface area contributed by atoms with Gasteiger partial charge in [-0.3, -0.25) is 19.6 Å². The molecule has 0 aliphatic heterocycles. The number of benzene rings is 2. The van der Waals surface area contributed by atoms with Gasteiger partial charge in [0.15, 0.2) is 11.6 Å². The topological polar surface area (TPSA) is 126 Å². The molecule has 2 heterocycles. The van der Waals surface area contributed by atoms with Crippen LogP contribution in [0.4, 0.5) is 13.2 Å². The highest BCUT2D eigenvalue weighted by atomic mass is 19.3. The summed E-state index contributed by atoms with van der Waals surface area (Å²) in [4.78, 5) is 40.2. The fourth-order valence-electron chi connectivity index (χ4n) is 3.63. The van der Waals surface area contributed by atoms with Gasteiger partial charge < -0.3 is 24.6 Å². The molecule has 0 spiro atoms. The summed E-state index contributed by atoms with van der Waals surface area (Å²) in [6, 6.07) is 17.8. The molecule has 0 aliphatic carbocycles. The first-order chi connectivity index (χ1) is 21.3. The first-order valence-electron chi connectivity index (χ1n) is 13.6. The third kappa shape index (κ3) is 13.5. The van der Waals surface area contributed by atoms with Gasteiger partial charge in [-0.25, -0.2) is 9.82 Å². The zero-order chi connectivity index (χ0) is 32.2. The lowest BCUT2D eigenvalue weighted by Crippen LogP contribution is -2.46. The summed E-state index contributed by atoms with van der Waals surface area (Å²) >= 11 is 0. The maximum atomic E-state index is 13.3. The number of amides is 2. The van der Waals surface area contributed by atoms with E-state index in [0.29, 0.717) is 44.5 Å². The second-order valence-corrected chi connectivity index (χ2v) is 9.14. The number of nitrogens with one attached hydrogen (secondary N) is 3. The Kier molecular flexibility index (Phi) is 16.3. The number of hydrogen-bond acceptors (Lipinski definition) is 7. The lowest BCUT2D eigenvalue weighted by atomic mass is 10.2. The van der Waals surface area contributed by atoms with Crippen LogP contribution in [0.25, 0.3) is 10.9 Å². The minimum absolute atomic E-state index is 0.0686. The number of fused-ring (bicyclic) bond motifs is 1. The second kappa shape index (κ2) is 20.2. The molecule has 4 rings (SSSR count). The Morgan fingerprint density at radius 3 is 2.50 bits per heavy atom. The molecule has 0 fully saturated rings. The van der Waals surface area contributed by atoms with Crippen LogP contribution >= 0.6 is 0 Å². The van der Waals surface area contributed by atoms with Crippen molar-refractivity contribution in [2.75, 3.05) is 20.2 Å². The molecule has 2 aromatic carbocycles. The van der Waals surface area contributed by atoms with Crippen LogP contribution in [-0.4, -0.2) is 60.4 Å². The molecule has 0 saturated carbocycles. The van der Waals surface area contributed by atoms with Crippen LogP contribution in [0.3, 0.4) is 0 Å². The lowest BCUT2D eigenvalue weighted by Gasteiger charge is -2.23. The highest BCUT2D eigenvalue weighted by Gasteiger charge is 2.13. The standard InChI is InChI=1S/C16H21N5O3.C13H11FO.C2H4F2O/c22-7-3-1-2-6-21(16(24)11-18-12-23)19-10-14-8-13-9-17-5-4-15(13)20-14;1-10-7-8-12(14)13(9-10)15-11-5-3-2-4-6-11;1-5-2(3)4/h4-5,7-9,12,19-20H,1-3,6,10-11H2,(H,18,23);2-9H,1H3;2H,1H3. The van der Waals surface area contributed by atoms with Crippen LogP contribution in [0.1, 0.15) is 30.5 Å². The fraction of sp³-hybridized carbons (Fsp3) is 0.290. The minimum Gasteiger partial charge on any atom is -0.454 e. The number of methoxy groups -OCH3 is 1. The van der Waals surface area contributed by atoms with Crippen molar-refractivity contribution in [2.24, 2.45) is 0 Å². The van der Waals surface area contributed by atoms with Crippen molar-refractivity contribution in [2.45, 2.75) is 39.3 Å². The molecule has 2 aromatic heterocycles. The Labute approximate surface area is 253 Å². The first kappa shape index (κ1) is 35.4. The Morgan fingerprint density at radius 2 is 1.84 bits per heavy atom. The van der Waals surface area contributed by atoms with Crippen LogP contribution in [0.2, 0.25) is 0 Å². The third-order valence-corrected chi connectivity index (χ3v) is 5.76. The molecule has 0 atom stereocenters. The number of aromatic nitrogens is 2. The van der Waals surface area contributed by atoms with E-state index in [1.807, 2.05) is 37.3 Å². The molecular formula is C31H36F3N5O5. The van der Waals surface area contributed by atoms with Gasteiger partial charge >= 0.3 is 6.61 Å². The van der Waals surface area contributed by atoms with Gasteiger partial charge in [-0.15, -0.1) is 0 Å². The summed E-state index contributed by atoms with van der Waals surface area (Å²) in [5, 5.41) is 4.84. The van der Waals surface area contributed by atoms with Crippen LogP contribution in [0.15, 0.2) is 73.1 Å². The molecule has 2 amide bonds. The number of nitrogens with zero attached hydrogens (tertiary/aromatic N) is 2. The molecule has 0 aliphatic rings. The minimum atomic E-state index is -2.62. The van der Waals surface area contributed by atoms with Crippen molar-refractivity contribution in [3.8, 4) is 11.5 Å². The van der Waals surface area contributed by atoms with Crippen molar-refractivity contribution in [3.05, 3.63) is 90.1 Å². The molecule has 44 heavy (non-hydrogen) atoms. The van der Waals surface area contributed by atoms with Crippen molar-refractivity contribution < 1.29 is 37.0 Å². The fourth-order valence-corrected chi connectivity index (χ4v) is 3.63. The predicted octanol–water partition coefficient (Wildman–Crippen LogP) is 5.29. The van der Waals surface area contributed by atoms with E-state index in [1.54, 1.807) is 36.7 Å². The summed E-state index contributed by atoms with van der Waals surface area (Å²) in [5.41, 5.74) is 5.95. The third-order valence-electron chi connectivity index (χ3n) is 5.76. The first-order valence-corrected chi connectivity index (χ1v) is 13.6. The molecule has 236 valence electrons. The van der Waals surface area contributed by atoms with Gasteiger partial charge in [0.2, 0.25) is 6.41 Å². The van der Waals surface area contributed by atoms with Gasteiger partial charge in [-0.05, 0) is 61.7 Å². The maximum Gasteiger partial charge on any atom is 0.345 e. The van der Waals surface area contributed by atoms with E-state index in [2.05, 4.69) is 25.4 Å². The summed E-state index contributed by atoms with van der Waals surface area (Å²) in [5.74, 6) is 0.332. The normalized spacial score (nSPS) is 10.2. The SMILES string of the molecule is COC(F)F.Cc1ccc(F)c(Oc2ccccc2)c1.O=CCCCCN(NCc1cc2cnccc2[nH]1)C(=O)CNC=O. The average Bonchev–Trinajstić information content (AvgIpc) is 3.45. The Hall–Kier alpha value is -4.75. The van der Waals surface area contributed by atoms with E-state index in [9.17, 15) is 27.6 Å². The summed E-state index contributed by atoms with van der Waals surface area (Å²) in [7, 11) is 0.949. The van der Waals surface area contributed by atoms with Crippen molar-refractivity contribution in [3.63, 3.8) is 0 Å². The van der Waals surface area contributed by atoms with E-state index in [4.69, 9.17) is 4.74 Å². The highest BCUT2D eigenvalue weighted by Crippen LogP contribution is 2.24. The van der Waals surface area contributed by atoms with Gasteiger partial charge in [0.1, 0.15) is 12.0 Å². The number of halogens is 3. The largest absolute Gasteiger partial charge is 0.454 e. The van der Waals surface area contributed by atoms with Crippen LogP contribution in [0.5, 0.6) is 11.5 Å². The Balaban J connectivity index is 0.000000286. The van der Waals surface area contributed by atoms with E-state index >= 15 is 0 Å². The summed E-state index contributed by atoms with van der Waals surface area (Å²) in [6.07, 6.45) is 6.74. The molecule has 4 aromatic rings. The van der Waals surface area contributed by atoms with Gasteiger partial charge in [-0.2, -0.15) is 8.78 Å². The number of pyridine rings is 1. The smallest absolute Gasteiger partial charge is 0.345 e. The number of ether oxygens (including phenoxy) is 2. The molecule has 3 N–H and O–H groups in total. The van der Waals surface area contributed by atoms with E-state index in [1.165, 1.54) is 11.1 Å². The van der Waals surface area contributed by atoms with Crippen molar-refractivity contribution in [1.29, 1.82) is 0 Å². The van der Waals surface area contributed by atoms with Gasteiger partial charge in [-0.1, -0.05) is 24.3 Å². The zero-order valence-electron chi connectivity index (χ0n) is 24.5. The Bertz CT molecular complexity index is 1390. The summed E-state index contributed by atoms with van der Waals surface area (Å²) in [6.45, 7) is 0.123. The number of para-hydroxylation sites is 1. The van der Waals surface area contributed by atoms with Gasteiger partial charge in [0, 0.05) is 49.1 Å². The molecule has 0 saturated heterocycles. The van der Waals surface area contributed by atoms with E-state index in [-0.39, 0.29) is 24.0 Å². The molecule has 0 bridgehead atoms. The average molecular weight is 616 g/mol. The van der Waals surface area contributed by atoms with Crippen LogP contribution in [-0.2, 0) is 25.7 Å². The number of aryl methyl sites for hydroxylation is 1. The summed E-state index contributed by atoms with van der Waals surface area (Å²) < 4.78 is 43.2. The maximum absolute atomic E-state index is 13.3. The number of H-pyrrole nitrogens is 1. The number of alkyl halides is 2. The van der Waals surface area contributed by atoms with Crippen molar-refractivity contribution in [1.82, 2.24) is 25.7 Å². The molecular weight excluding hydrogens is 579 g/mol. The number of aldehydes is 1. The molecule has 0 unspecified atom stereocenters. The quantitative estimate of drug-likeness (QED) is 0.1000. The number of unbranched alkanes of at least 4 members (excludes halogenated alkanes) is 2. The molecule has 0 radical (unpaired) electrons.